The number of nitrogens with zero attached hydrogens (tertiary/aromatic N) is 2. The fourth-order valence-electron chi connectivity index (χ4n) is 3.59. The van der Waals surface area contributed by atoms with E-state index in [0.717, 1.165) is 23.2 Å². The van der Waals surface area contributed by atoms with Gasteiger partial charge in [0.2, 0.25) is 5.91 Å². The molecule has 2 unspecified atom stereocenters. The van der Waals surface area contributed by atoms with Gasteiger partial charge in [0.05, 0.1) is 10.6 Å². The van der Waals surface area contributed by atoms with E-state index in [1.165, 1.54) is 23.1 Å². The Morgan fingerprint density at radius 2 is 2.03 bits per heavy atom. The van der Waals surface area contributed by atoms with E-state index in [1.54, 1.807) is 6.92 Å². The van der Waals surface area contributed by atoms with Crippen molar-refractivity contribution in [2.45, 2.75) is 52.7 Å². The zero-order chi connectivity index (χ0) is 22.0. The number of nitro groups is 1. The number of carbonyl (C=O) groups excluding carboxylic acids is 2. The summed E-state index contributed by atoms with van der Waals surface area (Å²) in [5.74, 6) is -0.424. The van der Waals surface area contributed by atoms with Crippen LogP contribution >= 0.6 is 0 Å². The number of nitrogens with one attached hydrogen (secondary N) is 1. The van der Waals surface area contributed by atoms with Crippen molar-refractivity contribution in [3.05, 3.63) is 57.6 Å². The molecule has 1 aliphatic rings. The highest BCUT2D eigenvalue weighted by Crippen LogP contribution is 2.39. The highest BCUT2D eigenvalue weighted by atomic mass is 16.6. The molecule has 0 aliphatic carbocycles. The molecule has 1 aliphatic heterocycles. The van der Waals surface area contributed by atoms with E-state index in [4.69, 9.17) is 4.74 Å². The van der Waals surface area contributed by atoms with Gasteiger partial charge in [0, 0.05) is 17.8 Å². The second kappa shape index (κ2) is 8.52. The number of anilines is 2. The van der Waals surface area contributed by atoms with Gasteiger partial charge in [-0.3, -0.25) is 24.6 Å². The summed E-state index contributed by atoms with van der Waals surface area (Å²) in [7, 11) is 0. The number of amides is 2. The molecule has 8 heteroatoms. The third-order valence-corrected chi connectivity index (χ3v) is 5.32. The van der Waals surface area contributed by atoms with Crippen LogP contribution in [0.15, 0.2) is 36.4 Å². The SMILES string of the molecule is CCc1cccc(C)c1NC(=O)C(C)N1C(=O)C(CC)Oc2ccc([N+](=O)[O-])cc21. The van der Waals surface area contributed by atoms with E-state index >= 15 is 0 Å². The predicted molar refractivity (Wildman–Crippen MR) is 114 cm³/mol. The number of benzene rings is 2. The zero-order valence-electron chi connectivity index (χ0n) is 17.5. The number of hydrogen-bond donors (Lipinski definition) is 1. The topological polar surface area (TPSA) is 102 Å². The Morgan fingerprint density at radius 3 is 2.67 bits per heavy atom. The summed E-state index contributed by atoms with van der Waals surface area (Å²) in [5.41, 5.74) is 2.69. The van der Waals surface area contributed by atoms with Crippen LogP contribution in [0.1, 0.15) is 38.3 Å². The number of ether oxygens (including phenoxy) is 1. The lowest BCUT2D eigenvalue weighted by molar-refractivity contribution is -0.384. The van der Waals surface area contributed by atoms with Gasteiger partial charge >= 0.3 is 0 Å². The standard InChI is InChI=1S/C22H25N3O5/c1-5-15-9-7-8-13(3)20(15)23-21(26)14(4)24-17-12-16(25(28)29)10-11-19(17)30-18(6-2)22(24)27/h7-12,14,18H,5-6H2,1-4H3,(H,23,26). The zero-order valence-corrected chi connectivity index (χ0v) is 17.5. The van der Waals surface area contributed by atoms with Crippen molar-refractivity contribution in [1.82, 2.24) is 0 Å². The molecule has 0 fully saturated rings. The summed E-state index contributed by atoms with van der Waals surface area (Å²) in [5, 5.41) is 14.2. The third-order valence-electron chi connectivity index (χ3n) is 5.32. The first kappa shape index (κ1) is 21.3. The molecule has 30 heavy (non-hydrogen) atoms. The number of nitro benzene ring substituents is 1. The second-order valence-electron chi connectivity index (χ2n) is 7.26. The molecule has 1 N–H and O–H groups in total. The molecular formula is C22H25N3O5. The molecule has 0 saturated carbocycles. The van der Waals surface area contributed by atoms with Crippen LogP contribution < -0.4 is 15.0 Å². The Kier molecular flexibility index (Phi) is 6.05. The van der Waals surface area contributed by atoms with Crippen LogP contribution in [0.2, 0.25) is 0 Å². The molecule has 0 bridgehead atoms. The molecule has 2 aromatic carbocycles. The number of para-hydroxylation sites is 1. The van der Waals surface area contributed by atoms with Crippen LogP contribution in [0.25, 0.3) is 0 Å². The quantitative estimate of drug-likeness (QED) is 0.572. The van der Waals surface area contributed by atoms with Crippen molar-refractivity contribution < 1.29 is 19.2 Å². The van der Waals surface area contributed by atoms with Gasteiger partial charge in [0.15, 0.2) is 6.10 Å². The molecule has 3 rings (SSSR count). The molecule has 8 nitrogen and oxygen atoms in total. The minimum absolute atomic E-state index is 0.176. The maximum atomic E-state index is 13.1. The summed E-state index contributed by atoms with van der Waals surface area (Å²) in [6, 6.07) is 8.96. The Labute approximate surface area is 175 Å². The highest BCUT2D eigenvalue weighted by molar-refractivity contribution is 6.08. The first-order chi connectivity index (χ1) is 14.3. The van der Waals surface area contributed by atoms with E-state index in [1.807, 2.05) is 39.0 Å². The molecule has 0 aromatic heterocycles. The number of rotatable bonds is 6. The van der Waals surface area contributed by atoms with Crippen molar-refractivity contribution in [1.29, 1.82) is 0 Å². The molecule has 2 aromatic rings. The van der Waals surface area contributed by atoms with Crippen LogP contribution in [-0.4, -0.2) is 28.9 Å². The van der Waals surface area contributed by atoms with E-state index in [9.17, 15) is 19.7 Å². The van der Waals surface area contributed by atoms with Gasteiger partial charge in [0.25, 0.3) is 11.6 Å². The van der Waals surface area contributed by atoms with Gasteiger partial charge in [-0.05, 0) is 43.9 Å². The van der Waals surface area contributed by atoms with Crippen LogP contribution in [0.4, 0.5) is 17.1 Å². The monoisotopic (exact) mass is 411 g/mol. The molecule has 0 spiro atoms. The van der Waals surface area contributed by atoms with Gasteiger partial charge in [0.1, 0.15) is 11.8 Å². The summed E-state index contributed by atoms with van der Waals surface area (Å²) in [6.07, 6.45) is 0.409. The average molecular weight is 411 g/mol. The minimum atomic E-state index is -0.888. The molecule has 0 radical (unpaired) electrons. The van der Waals surface area contributed by atoms with Crippen molar-refractivity contribution in [2.75, 3.05) is 10.2 Å². The smallest absolute Gasteiger partial charge is 0.271 e. The molecule has 1 heterocycles. The summed E-state index contributed by atoms with van der Waals surface area (Å²) in [4.78, 5) is 38.2. The Hall–Kier alpha value is -3.42. The minimum Gasteiger partial charge on any atom is -0.478 e. The largest absolute Gasteiger partial charge is 0.478 e. The van der Waals surface area contributed by atoms with Gasteiger partial charge in [-0.15, -0.1) is 0 Å². The normalized spacial score (nSPS) is 16.5. The molecule has 2 atom stereocenters. The Bertz CT molecular complexity index is 1000. The van der Waals surface area contributed by atoms with E-state index in [-0.39, 0.29) is 17.3 Å². The third kappa shape index (κ3) is 3.85. The maximum absolute atomic E-state index is 13.1. The van der Waals surface area contributed by atoms with Crippen LogP contribution in [0.3, 0.4) is 0 Å². The van der Waals surface area contributed by atoms with Gasteiger partial charge in [-0.25, -0.2) is 0 Å². The van der Waals surface area contributed by atoms with Crippen molar-refractivity contribution >= 4 is 28.9 Å². The van der Waals surface area contributed by atoms with Crippen LogP contribution in [-0.2, 0) is 16.0 Å². The van der Waals surface area contributed by atoms with Gasteiger partial charge in [-0.2, -0.15) is 0 Å². The molecule has 0 saturated heterocycles. The molecular weight excluding hydrogens is 386 g/mol. The van der Waals surface area contributed by atoms with Crippen molar-refractivity contribution in [3.8, 4) is 5.75 Å². The molecule has 158 valence electrons. The Balaban J connectivity index is 1.99. The highest BCUT2D eigenvalue weighted by Gasteiger charge is 2.39. The van der Waals surface area contributed by atoms with Gasteiger partial charge < -0.3 is 10.1 Å². The number of non-ortho nitro benzene ring substituents is 1. The van der Waals surface area contributed by atoms with Crippen LogP contribution in [0.5, 0.6) is 5.75 Å². The summed E-state index contributed by atoms with van der Waals surface area (Å²) in [6.45, 7) is 7.33. The van der Waals surface area contributed by atoms with E-state index < -0.39 is 23.0 Å². The average Bonchev–Trinajstić information content (AvgIpc) is 2.73. The first-order valence-electron chi connectivity index (χ1n) is 9.96. The first-order valence-corrected chi connectivity index (χ1v) is 9.96. The van der Waals surface area contributed by atoms with Crippen molar-refractivity contribution in [3.63, 3.8) is 0 Å². The fourth-order valence-corrected chi connectivity index (χ4v) is 3.59. The van der Waals surface area contributed by atoms with Crippen molar-refractivity contribution in [2.24, 2.45) is 0 Å². The van der Waals surface area contributed by atoms with E-state index in [2.05, 4.69) is 5.32 Å². The van der Waals surface area contributed by atoms with Crippen LogP contribution in [0, 0.1) is 17.0 Å². The number of fused-ring (bicyclic) bond motifs is 1. The lowest BCUT2D eigenvalue weighted by Crippen LogP contribution is -2.53. The summed E-state index contributed by atoms with van der Waals surface area (Å²) < 4.78 is 5.72. The lowest BCUT2D eigenvalue weighted by Gasteiger charge is -2.37. The molecule has 2 amide bonds. The predicted octanol–water partition coefficient (Wildman–Crippen LogP) is 4.00. The fraction of sp³-hybridized carbons (Fsp3) is 0.364. The Morgan fingerprint density at radius 1 is 1.30 bits per heavy atom. The lowest BCUT2D eigenvalue weighted by atomic mass is 10.0. The number of carbonyl (C=O) groups is 2. The number of aryl methyl sites for hydroxylation is 2. The summed E-state index contributed by atoms with van der Waals surface area (Å²) >= 11 is 0. The van der Waals surface area contributed by atoms with E-state index in [0.29, 0.717) is 12.2 Å². The number of hydrogen-bond acceptors (Lipinski definition) is 5. The van der Waals surface area contributed by atoms with Gasteiger partial charge in [-0.1, -0.05) is 32.0 Å². The second-order valence-corrected chi connectivity index (χ2v) is 7.26. The maximum Gasteiger partial charge on any atom is 0.271 e.